The van der Waals surface area contributed by atoms with Crippen LogP contribution in [0.25, 0.3) is 10.9 Å². The molecule has 122 valence electrons. The van der Waals surface area contributed by atoms with Crippen molar-refractivity contribution in [1.29, 1.82) is 0 Å². The SMILES string of the molecule is O=C(CCNc1ccnc2cc(Cl)ccc12)NCc1ccccc1. The van der Waals surface area contributed by atoms with Crippen LogP contribution >= 0.6 is 11.6 Å². The molecule has 0 radical (unpaired) electrons. The van der Waals surface area contributed by atoms with Crippen LogP contribution in [0, 0.1) is 0 Å². The van der Waals surface area contributed by atoms with Gasteiger partial charge >= 0.3 is 0 Å². The second kappa shape index (κ2) is 7.79. The van der Waals surface area contributed by atoms with Gasteiger partial charge in [-0.1, -0.05) is 41.9 Å². The van der Waals surface area contributed by atoms with Crippen molar-refractivity contribution in [2.45, 2.75) is 13.0 Å². The number of halogens is 1. The van der Waals surface area contributed by atoms with Crippen molar-refractivity contribution in [1.82, 2.24) is 10.3 Å². The first-order chi connectivity index (χ1) is 11.7. The number of hydrogen-bond acceptors (Lipinski definition) is 3. The zero-order valence-electron chi connectivity index (χ0n) is 13.1. The summed E-state index contributed by atoms with van der Waals surface area (Å²) in [5, 5.41) is 7.87. The molecule has 4 nitrogen and oxygen atoms in total. The monoisotopic (exact) mass is 339 g/mol. The molecular formula is C19H18ClN3O. The van der Waals surface area contributed by atoms with Gasteiger partial charge in [-0.25, -0.2) is 0 Å². The van der Waals surface area contributed by atoms with Gasteiger partial charge in [0.1, 0.15) is 0 Å². The van der Waals surface area contributed by atoms with E-state index < -0.39 is 0 Å². The standard InChI is InChI=1S/C19H18ClN3O/c20-15-6-7-16-17(8-10-22-18(16)12-15)21-11-9-19(24)23-13-14-4-2-1-3-5-14/h1-8,10,12H,9,11,13H2,(H,21,22)(H,23,24). The minimum Gasteiger partial charge on any atom is -0.384 e. The normalized spacial score (nSPS) is 10.5. The van der Waals surface area contributed by atoms with E-state index in [9.17, 15) is 4.79 Å². The third kappa shape index (κ3) is 4.24. The number of amides is 1. The number of rotatable bonds is 6. The van der Waals surface area contributed by atoms with E-state index in [2.05, 4.69) is 15.6 Å². The minimum absolute atomic E-state index is 0.0211. The van der Waals surface area contributed by atoms with Gasteiger partial charge in [0.15, 0.2) is 0 Å². The van der Waals surface area contributed by atoms with E-state index in [1.54, 1.807) is 6.20 Å². The number of hydrogen-bond donors (Lipinski definition) is 2. The lowest BCUT2D eigenvalue weighted by molar-refractivity contribution is -0.121. The average molecular weight is 340 g/mol. The highest BCUT2D eigenvalue weighted by molar-refractivity contribution is 6.31. The molecule has 0 aliphatic rings. The van der Waals surface area contributed by atoms with E-state index in [-0.39, 0.29) is 5.91 Å². The summed E-state index contributed by atoms with van der Waals surface area (Å²) in [6.07, 6.45) is 2.14. The summed E-state index contributed by atoms with van der Waals surface area (Å²) in [5.41, 5.74) is 2.88. The highest BCUT2D eigenvalue weighted by Crippen LogP contribution is 2.24. The number of carbonyl (C=O) groups excluding carboxylic acids is 1. The van der Waals surface area contributed by atoms with Crippen LogP contribution in [-0.4, -0.2) is 17.4 Å². The molecule has 0 aliphatic heterocycles. The number of nitrogens with one attached hydrogen (secondary N) is 2. The zero-order valence-corrected chi connectivity index (χ0v) is 13.9. The first-order valence-electron chi connectivity index (χ1n) is 7.81. The second-order valence-electron chi connectivity index (χ2n) is 5.46. The zero-order chi connectivity index (χ0) is 16.8. The molecule has 0 saturated carbocycles. The molecular weight excluding hydrogens is 322 g/mol. The third-order valence-electron chi connectivity index (χ3n) is 3.70. The maximum atomic E-state index is 11.9. The molecule has 2 N–H and O–H groups in total. The molecule has 3 rings (SSSR count). The molecule has 1 heterocycles. The van der Waals surface area contributed by atoms with Crippen molar-refractivity contribution in [3.8, 4) is 0 Å². The Balaban J connectivity index is 1.52. The molecule has 0 unspecified atom stereocenters. The summed E-state index contributed by atoms with van der Waals surface area (Å²) in [6.45, 7) is 1.11. The fraction of sp³-hybridized carbons (Fsp3) is 0.158. The molecule has 5 heteroatoms. The Morgan fingerprint density at radius 3 is 2.75 bits per heavy atom. The number of anilines is 1. The third-order valence-corrected chi connectivity index (χ3v) is 3.94. The lowest BCUT2D eigenvalue weighted by Gasteiger charge is -2.10. The summed E-state index contributed by atoms with van der Waals surface area (Å²) in [6, 6.07) is 17.4. The van der Waals surface area contributed by atoms with Crippen molar-refractivity contribution in [3.63, 3.8) is 0 Å². The van der Waals surface area contributed by atoms with E-state index in [1.807, 2.05) is 54.6 Å². The number of aromatic nitrogens is 1. The lowest BCUT2D eigenvalue weighted by atomic mass is 10.2. The topological polar surface area (TPSA) is 54.0 Å². The smallest absolute Gasteiger partial charge is 0.222 e. The molecule has 2 aromatic carbocycles. The second-order valence-corrected chi connectivity index (χ2v) is 5.90. The first kappa shape index (κ1) is 16.3. The largest absolute Gasteiger partial charge is 0.384 e. The van der Waals surface area contributed by atoms with Gasteiger partial charge in [-0.15, -0.1) is 0 Å². The molecule has 0 saturated heterocycles. The summed E-state index contributed by atoms with van der Waals surface area (Å²) in [4.78, 5) is 16.2. The van der Waals surface area contributed by atoms with Gasteiger partial charge in [0, 0.05) is 41.8 Å². The average Bonchev–Trinajstić information content (AvgIpc) is 2.61. The maximum Gasteiger partial charge on any atom is 0.222 e. The van der Waals surface area contributed by atoms with Crippen LogP contribution in [0.3, 0.4) is 0 Å². The number of carbonyl (C=O) groups is 1. The Morgan fingerprint density at radius 1 is 1.08 bits per heavy atom. The van der Waals surface area contributed by atoms with E-state index in [0.29, 0.717) is 24.5 Å². The quantitative estimate of drug-likeness (QED) is 0.713. The number of pyridine rings is 1. The number of benzene rings is 2. The summed E-state index contributed by atoms with van der Waals surface area (Å²) in [7, 11) is 0. The molecule has 0 spiro atoms. The molecule has 0 bridgehead atoms. The summed E-state index contributed by atoms with van der Waals surface area (Å²) in [5.74, 6) is 0.0211. The van der Waals surface area contributed by atoms with E-state index in [1.165, 1.54) is 0 Å². The molecule has 0 atom stereocenters. The Labute approximate surface area is 145 Å². The van der Waals surface area contributed by atoms with Gasteiger partial charge in [-0.2, -0.15) is 0 Å². The van der Waals surface area contributed by atoms with Gasteiger partial charge in [0.05, 0.1) is 5.52 Å². The molecule has 1 aromatic heterocycles. The first-order valence-corrected chi connectivity index (χ1v) is 8.19. The van der Waals surface area contributed by atoms with E-state index >= 15 is 0 Å². The molecule has 0 aliphatic carbocycles. The summed E-state index contributed by atoms with van der Waals surface area (Å²) >= 11 is 5.99. The van der Waals surface area contributed by atoms with Crippen LogP contribution in [0.2, 0.25) is 5.02 Å². The number of fused-ring (bicyclic) bond motifs is 1. The van der Waals surface area contributed by atoms with E-state index in [4.69, 9.17) is 11.6 Å². The van der Waals surface area contributed by atoms with Gasteiger partial charge < -0.3 is 10.6 Å². The maximum absolute atomic E-state index is 11.9. The van der Waals surface area contributed by atoms with Crippen LogP contribution in [0.1, 0.15) is 12.0 Å². The van der Waals surface area contributed by atoms with Gasteiger partial charge in [-0.3, -0.25) is 9.78 Å². The van der Waals surface area contributed by atoms with Crippen LogP contribution in [-0.2, 0) is 11.3 Å². The molecule has 3 aromatic rings. The lowest BCUT2D eigenvalue weighted by Crippen LogP contribution is -2.24. The number of nitrogens with zero attached hydrogens (tertiary/aromatic N) is 1. The van der Waals surface area contributed by atoms with Crippen molar-refractivity contribution in [3.05, 3.63) is 71.4 Å². The Bertz CT molecular complexity index is 836. The molecule has 24 heavy (non-hydrogen) atoms. The Morgan fingerprint density at radius 2 is 1.92 bits per heavy atom. The van der Waals surface area contributed by atoms with Crippen molar-refractivity contribution in [2.75, 3.05) is 11.9 Å². The Kier molecular flexibility index (Phi) is 5.29. The van der Waals surface area contributed by atoms with Gasteiger partial charge in [-0.05, 0) is 29.8 Å². The summed E-state index contributed by atoms with van der Waals surface area (Å²) < 4.78 is 0. The van der Waals surface area contributed by atoms with Crippen LogP contribution in [0.5, 0.6) is 0 Å². The van der Waals surface area contributed by atoms with Crippen LogP contribution < -0.4 is 10.6 Å². The van der Waals surface area contributed by atoms with Gasteiger partial charge in [0.2, 0.25) is 5.91 Å². The molecule has 0 fully saturated rings. The van der Waals surface area contributed by atoms with Crippen LogP contribution in [0.4, 0.5) is 5.69 Å². The fourth-order valence-electron chi connectivity index (χ4n) is 2.47. The van der Waals surface area contributed by atoms with E-state index in [0.717, 1.165) is 22.2 Å². The molecule has 1 amide bonds. The van der Waals surface area contributed by atoms with Gasteiger partial charge in [0.25, 0.3) is 0 Å². The fourth-order valence-corrected chi connectivity index (χ4v) is 2.64. The highest BCUT2D eigenvalue weighted by atomic mass is 35.5. The van der Waals surface area contributed by atoms with Crippen molar-refractivity contribution < 1.29 is 4.79 Å². The van der Waals surface area contributed by atoms with Crippen molar-refractivity contribution in [2.24, 2.45) is 0 Å². The van der Waals surface area contributed by atoms with Crippen LogP contribution in [0.15, 0.2) is 60.8 Å². The highest BCUT2D eigenvalue weighted by Gasteiger charge is 2.04. The predicted octanol–water partition coefficient (Wildman–Crippen LogP) is 4.01. The van der Waals surface area contributed by atoms with Crippen molar-refractivity contribution >= 4 is 34.1 Å². The Hall–Kier alpha value is -2.59. The minimum atomic E-state index is 0.0211. The predicted molar refractivity (Wildman–Crippen MR) is 98.1 cm³/mol.